The van der Waals surface area contributed by atoms with E-state index in [9.17, 15) is 28.0 Å². The summed E-state index contributed by atoms with van der Waals surface area (Å²) in [7, 11) is -4.78. The van der Waals surface area contributed by atoms with E-state index in [4.69, 9.17) is 0 Å². The first-order valence-corrected chi connectivity index (χ1v) is 11.0. The Labute approximate surface area is 252 Å². The number of hydrogen-bond acceptors (Lipinski definition) is 7. The van der Waals surface area contributed by atoms with Crippen molar-refractivity contribution in [2.24, 2.45) is 10.2 Å². The molecule has 0 aliphatic carbocycles. The van der Waals surface area contributed by atoms with Gasteiger partial charge in [-0.3, -0.25) is 4.55 Å². The van der Waals surface area contributed by atoms with Crippen LogP contribution in [-0.2, 0) is 10.1 Å². The molecule has 0 saturated carbocycles. The number of rotatable bonds is 6. The molecule has 4 N–H and O–H groups in total. The number of nitrogens with one attached hydrogen (secondary N) is 1. The number of nitrogens with zero attached hydrogens (tertiary/aromatic N) is 2. The minimum Gasteiger partial charge on any atom is -0.505 e. The molecular formula is C24H21N3Na2O6S+2. The van der Waals surface area contributed by atoms with E-state index in [1.54, 1.807) is 18.2 Å². The zero-order valence-electron chi connectivity index (χ0n) is 18.9. The molecule has 0 radical (unpaired) electrons. The number of phenolic OH excluding ortho intramolecular Hbond substituents is 1. The second-order valence-electron chi connectivity index (χ2n) is 7.00. The third kappa shape index (κ3) is 7.15. The Balaban J connectivity index is 0.00000216. The van der Waals surface area contributed by atoms with E-state index in [0.717, 1.165) is 11.8 Å². The van der Waals surface area contributed by atoms with Gasteiger partial charge in [-0.05, 0) is 47.9 Å². The molecule has 0 fully saturated rings. The summed E-state index contributed by atoms with van der Waals surface area (Å²) in [6.45, 7) is 0. The molecule has 12 heteroatoms. The van der Waals surface area contributed by atoms with Crippen LogP contribution in [0.15, 0.2) is 94.0 Å². The van der Waals surface area contributed by atoms with E-state index in [0.29, 0.717) is 11.1 Å². The van der Waals surface area contributed by atoms with Gasteiger partial charge in [0.1, 0.15) is 16.3 Å². The van der Waals surface area contributed by atoms with Crippen molar-refractivity contribution in [2.75, 3.05) is 5.32 Å². The molecule has 0 saturated heterocycles. The molecule has 0 aliphatic rings. The second-order valence-corrected chi connectivity index (χ2v) is 8.39. The fourth-order valence-electron chi connectivity index (χ4n) is 3.25. The molecule has 4 rings (SSSR count). The van der Waals surface area contributed by atoms with Crippen LogP contribution >= 0.6 is 0 Å². The zero-order valence-corrected chi connectivity index (χ0v) is 23.7. The average Bonchev–Trinajstić information content (AvgIpc) is 2.79. The van der Waals surface area contributed by atoms with Crippen molar-refractivity contribution >= 4 is 49.6 Å². The largest absolute Gasteiger partial charge is 1.00 e. The van der Waals surface area contributed by atoms with Crippen molar-refractivity contribution in [1.82, 2.24) is 0 Å². The first-order valence-electron chi connectivity index (χ1n) is 9.57. The number of carbonyl (C=O) groups is 1. The molecule has 0 heterocycles. The summed E-state index contributed by atoms with van der Waals surface area (Å²) in [6, 6.07) is 21.0. The van der Waals surface area contributed by atoms with E-state index in [2.05, 4.69) is 15.5 Å². The molecular weight excluding hydrogens is 504 g/mol. The fourth-order valence-corrected chi connectivity index (χ4v) is 3.90. The molecule has 0 atom stereocenters. The Kier molecular flexibility index (Phi) is 11.7. The van der Waals surface area contributed by atoms with Crippen LogP contribution in [0.1, 0.15) is 17.8 Å². The molecule has 0 spiro atoms. The van der Waals surface area contributed by atoms with Crippen molar-refractivity contribution in [1.29, 1.82) is 0 Å². The van der Waals surface area contributed by atoms with Crippen molar-refractivity contribution in [3.63, 3.8) is 0 Å². The molecule has 0 aliphatic heterocycles. The Morgan fingerprint density at radius 2 is 1.47 bits per heavy atom. The molecule has 0 unspecified atom stereocenters. The predicted molar refractivity (Wildman–Crippen MR) is 129 cm³/mol. The van der Waals surface area contributed by atoms with Gasteiger partial charge in [0.15, 0.2) is 5.75 Å². The van der Waals surface area contributed by atoms with Gasteiger partial charge in [0.05, 0.1) is 5.56 Å². The summed E-state index contributed by atoms with van der Waals surface area (Å²) in [5, 5.41) is 31.5. The maximum absolute atomic E-state index is 12.0. The summed E-state index contributed by atoms with van der Waals surface area (Å²) < 4.78 is 33.7. The smallest absolute Gasteiger partial charge is 0.505 e. The Morgan fingerprint density at radius 1 is 0.833 bits per heavy atom. The predicted octanol–water partition coefficient (Wildman–Crippen LogP) is 0.293. The number of azo groups is 1. The van der Waals surface area contributed by atoms with Crippen LogP contribution in [0.5, 0.6) is 5.75 Å². The minimum atomic E-state index is -4.78. The van der Waals surface area contributed by atoms with Crippen molar-refractivity contribution in [2.45, 2.75) is 12.3 Å². The van der Waals surface area contributed by atoms with E-state index < -0.39 is 32.4 Å². The SMILES string of the molecule is C.O=C(O)c1ccccc1N=Nc1c(S(=O)(=O)O)cc2ccc(Nc3ccccc3)cc2c1O.[Na+].[Na+]. The van der Waals surface area contributed by atoms with Gasteiger partial charge in [0.2, 0.25) is 0 Å². The third-order valence-corrected chi connectivity index (χ3v) is 5.65. The Hall–Kier alpha value is -2.28. The van der Waals surface area contributed by atoms with Crippen LogP contribution in [0, 0.1) is 0 Å². The molecule has 36 heavy (non-hydrogen) atoms. The van der Waals surface area contributed by atoms with Gasteiger partial charge in [-0.25, -0.2) is 4.79 Å². The van der Waals surface area contributed by atoms with Gasteiger partial charge in [0.25, 0.3) is 10.1 Å². The van der Waals surface area contributed by atoms with E-state index in [1.165, 1.54) is 24.3 Å². The minimum absolute atomic E-state index is 0. The third-order valence-electron chi connectivity index (χ3n) is 4.79. The van der Waals surface area contributed by atoms with Gasteiger partial charge >= 0.3 is 65.1 Å². The maximum atomic E-state index is 12.0. The fraction of sp³-hybridized carbons (Fsp3) is 0.0417. The number of phenols is 1. The van der Waals surface area contributed by atoms with Crippen LogP contribution in [0.4, 0.5) is 22.7 Å². The number of carboxylic acid groups (broad SMARTS) is 1. The number of fused-ring (bicyclic) bond motifs is 1. The summed E-state index contributed by atoms with van der Waals surface area (Å²) in [6.07, 6.45) is 0. The number of benzene rings is 4. The average molecular weight is 525 g/mol. The first-order chi connectivity index (χ1) is 15.7. The number of aromatic hydroxyl groups is 1. The first kappa shape index (κ1) is 31.7. The van der Waals surface area contributed by atoms with Gasteiger partial charge in [-0.1, -0.05) is 43.8 Å². The number of carboxylic acids is 1. The van der Waals surface area contributed by atoms with Gasteiger partial charge < -0.3 is 15.5 Å². The van der Waals surface area contributed by atoms with Gasteiger partial charge in [-0.15, -0.1) is 10.2 Å². The van der Waals surface area contributed by atoms with Crippen LogP contribution in [0.3, 0.4) is 0 Å². The number of anilines is 2. The standard InChI is InChI=1S/C23H17N3O6S.CH4.2Na/c27-22-18-13-16(24-15-6-2-1-3-7-15)11-10-14(18)12-20(33(30,31)32)21(22)26-25-19-9-5-4-8-17(19)23(28)29;;;/h1-13,24,27H,(H,28,29)(H,30,31,32);1H4;;/q;;2*+1. The topological polar surface area (TPSA) is 149 Å². The molecule has 9 nitrogen and oxygen atoms in total. The van der Waals surface area contributed by atoms with Crippen molar-refractivity contribution in [3.05, 3.63) is 84.4 Å². The number of hydrogen-bond donors (Lipinski definition) is 4. The monoisotopic (exact) mass is 525 g/mol. The van der Waals surface area contributed by atoms with Crippen LogP contribution in [-0.4, -0.2) is 29.2 Å². The summed E-state index contributed by atoms with van der Waals surface area (Å²) in [5.41, 5.74) is 0.690. The van der Waals surface area contributed by atoms with Crippen molar-refractivity contribution in [3.8, 4) is 5.75 Å². The number of para-hydroxylation sites is 1. The van der Waals surface area contributed by atoms with Crippen LogP contribution in [0.25, 0.3) is 10.8 Å². The number of aromatic carboxylic acids is 1. The second kappa shape index (κ2) is 13.3. The molecule has 0 aromatic heterocycles. The normalized spacial score (nSPS) is 10.7. The molecule has 174 valence electrons. The van der Waals surface area contributed by atoms with E-state index in [-0.39, 0.29) is 83.2 Å². The maximum Gasteiger partial charge on any atom is 1.00 e. The zero-order chi connectivity index (χ0) is 23.6. The van der Waals surface area contributed by atoms with Crippen molar-refractivity contribution < 1.29 is 87.1 Å². The molecule has 4 aromatic carbocycles. The van der Waals surface area contributed by atoms with Crippen LogP contribution in [0.2, 0.25) is 0 Å². The van der Waals surface area contributed by atoms with Gasteiger partial charge in [-0.2, -0.15) is 8.42 Å². The molecule has 4 aromatic rings. The quantitative estimate of drug-likeness (QED) is 0.161. The summed E-state index contributed by atoms with van der Waals surface area (Å²) in [4.78, 5) is 10.7. The Bertz CT molecular complexity index is 1510. The summed E-state index contributed by atoms with van der Waals surface area (Å²) in [5.74, 6) is -1.78. The summed E-state index contributed by atoms with van der Waals surface area (Å²) >= 11 is 0. The van der Waals surface area contributed by atoms with Crippen LogP contribution < -0.4 is 64.4 Å². The Morgan fingerprint density at radius 3 is 2.11 bits per heavy atom. The van der Waals surface area contributed by atoms with E-state index in [1.807, 2.05) is 30.3 Å². The van der Waals surface area contributed by atoms with E-state index >= 15 is 0 Å². The van der Waals surface area contributed by atoms with Gasteiger partial charge in [0, 0.05) is 16.8 Å². The molecule has 0 bridgehead atoms. The molecule has 0 amide bonds.